The highest BCUT2D eigenvalue weighted by Gasteiger charge is 2.23. The Balaban J connectivity index is 2.18. The third-order valence-electron chi connectivity index (χ3n) is 3.38. The fraction of sp³-hybridized carbons (Fsp3) is 0.278. The Morgan fingerprint density at radius 3 is 2.54 bits per heavy atom. The summed E-state index contributed by atoms with van der Waals surface area (Å²) in [4.78, 5) is 12.8. The van der Waals surface area contributed by atoms with Gasteiger partial charge in [0.25, 0.3) is 0 Å². The minimum absolute atomic E-state index is 0.0114. The van der Waals surface area contributed by atoms with Crippen molar-refractivity contribution >= 4 is 17.7 Å². The molecule has 0 radical (unpaired) electrons. The zero-order valence-electron chi connectivity index (χ0n) is 13.3. The van der Waals surface area contributed by atoms with Gasteiger partial charge in [0.05, 0.1) is 0 Å². The van der Waals surface area contributed by atoms with Gasteiger partial charge >= 0.3 is 0 Å². The summed E-state index contributed by atoms with van der Waals surface area (Å²) < 4.78 is 27.0. The standard InChI is InChI=1S/C18H20F2N2OS/c1-12(21)9-10-22-18(23)17(13-5-3-2-4-6-13)24-16-8-7-14(19)11-15(16)20/h2-8,11-12,17H,9-10,21H2,1H3,(H,22,23). The van der Waals surface area contributed by atoms with Crippen molar-refractivity contribution in [3.63, 3.8) is 0 Å². The molecule has 0 aliphatic rings. The SMILES string of the molecule is CC(N)CCNC(=O)C(Sc1ccc(F)cc1F)c1ccccc1. The van der Waals surface area contributed by atoms with Gasteiger partial charge in [-0.25, -0.2) is 8.78 Å². The van der Waals surface area contributed by atoms with Crippen molar-refractivity contribution in [1.29, 1.82) is 0 Å². The average molecular weight is 350 g/mol. The Morgan fingerprint density at radius 1 is 1.21 bits per heavy atom. The van der Waals surface area contributed by atoms with Crippen LogP contribution in [-0.4, -0.2) is 18.5 Å². The van der Waals surface area contributed by atoms with Crippen molar-refractivity contribution in [3.05, 3.63) is 65.7 Å². The highest BCUT2D eigenvalue weighted by Crippen LogP contribution is 2.36. The van der Waals surface area contributed by atoms with Crippen LogP contribution in [0.2, 0.25) is 0 Å². The predicted molar refractivity (Wildman–Crippen MR) is 92.7 cm³/mol. The first-order valence-electron chi connectivity index (χ1n) is 7.67. The molecule has 0 heterocycles. The molecule has 2 unspecified atom stereocenters. The second kappa shape index (κ2) is 8.80. The molecule has 0 aliphatic heterocycles. The van der Waals surface area contributed by atoms with Gasteiger partial charge in [-0.3, -0.25) is 4.79 Å². The number of carbonyl (C=O) groups excluding carboxylic acids is 1. The number of rotatable bonds is 7. The monoisotopic (exact) mass is 350 g/mol. The molecule has 0 fully saturated rings. The van der Waals surface area contributed by atoms with E-state index in [1.165, 1.54) is 12.1 Å². The zero-order valence-corrected chi connectivity index (χ0v) is 14.2. The maximum Gasteiger partial charge on any atom is 0.237 e. The molecule has 2 rings (SSSR count). The molecule has 0 bridgehead atoms. The van der Waals surface area contributed by atoms with E-state index in [0.717, 1.165) is 23.4 Å². The summed E-state index contributed by atoms with van der Waals surface area (Å²) in [5.74, 6) is -1.55. The lowest BCUT2D eigenvalue weighted by molar-refractivity contribution is -0.120. The number of nitrogens with one attached hydrogen (secondary N) is 1. The molecule has 0 aliphatic carbocycles. The third-order valence-corrected chi connectivity index (χ3v) is 4.69. The number of halogens is 2. The molecule has 24 heavy (non-hydrogen) atoms. The number of hydrogen-bond donors (Lipinski definition) is 2. The average Bonchev–Trinajstić information content (AvgIpc) is 2.54. The van der Waals surface area contributed by atoms with E-state index in [4.69, 9.17) is 5.73 Å². The van der Waals surface area contributed by atoms with Gasteiger partial charge in [0.2, 0.25) is 5.91 Å². The lowest BCUT2D eigenvalue weighted by Crippen LogP contribution is -2.31. The van der Waals surface area contributed by atoms with Gasteiger partial charge in [-0.05, 0) is 31.0 Å². The summed E-state index contributed by atoms with van der Waals surface area (Å²) in [6, 6.07) is 12.4. The molecule has 0 spiro atoms. The molecule has 3 nitrogen and oxygen atoms in total. The van der Waals surface area contributed by atoms with E-state index in [1.807, 2.05) is 37.3 Å². The predicted octanol–water partition coefficient (Wildman–Crippen LogP) is 3.65. The number of nitrogens with two attached hydrogens (primary N) is 1. The quantitative estimate of drug-likeness (QED) is 0.750. The smallest absolute Gasteiger partial charge is 0.237 e. The Hall–Kier alpha value is -1.92. The van der Waals surface area contributed by atoms with Gasteiger partial charge in [-0.2, -0.15) is 0 Å². The van der Waals surface area contributed by atoms with Gasteiger partial charge in [0, 0.05) is 23.5 Å². The number of carbonyl (C=O) groups is 1. The van der Waals surface area contributed by atoms with Gasteiger partial charge in [-0.15, -0.1) is 11.8 Å². The van der Waals surface area contributed by atoms with E-state index < -0.39 is 16.9 Å². The van der Waals surface area contributed by atoms with Gasteiger partial charge in [0.15, 0.2) is 0 Å². The second-order valence-electron chi connectivity index (χ2n) is 5.54. The Kier molecular flexibility index (Phi) is 6.75. The Bertz CT molecular complexity index is 680. The lowest BCUT2D eigenvalue weighted by Gasteiger charge is -2.18. The first-order chi connectivity index (χ1) is 11.5. The van der Waals surface area contributed by atoms with Crippen molar-refractivity contribution in [2.45, 2.75) is 29.5 Å². The van der Waals surface area contributed by atoms with E-state index in [-0.39, 0.29) is 16.8 Å². The molecule has 2 aromatic rings. The highest BCUT2D eigenvalue weighted by atomic mass is 32.2. The van der Waals surface area contributed by atoms with Crippen molar-refractivity contribution in [2.75, 3.05) is 6.54 Å². The molecule has 128 valence electrons. The van der Waals surface area contributed by atoms with E-state index in [1.54, 1.807) is 0 Å². The van der Waals surface area contributed by atoms with Crippen molar-refractivity contribution in [3.8, 4) is 0 Å². The van der Waals surface area contributed by atoms with Crippen LogP contribution in [0.4, 0.5) is 8.78 Å². The van der Waals surface area contributed by atoms with Gasteiger partial charge in [0.1, 0.15) is 16.9 Å². The minimum atomic E-state index is -0.677. The van der Waals surface area contributed by atoms with Crippen molar-refractivity contribution in [2.24, 2.45) is 5.73 Å². The first-order valence-corrected chi connectivity index (χ1v) is 8.55. The summed E-state index contributed by atoms with van der Waals surface area (Å²) in [5.41, 5.74) is 6.44. The molecule has 6 heteroatoms. The van der Waals surface area contributed by atoms with Crippen LogP contribution >= 0.6 is 11.8 Å². The highest BCUT2D eigenvalue weighted by molar-refractivity contribution is 8.00. The van der Waals surface area contributed by atoms with Crippen LogP contribution in [0.25, 0.3) is 0 Å². The normalized spacial score (nSPS) is 13.3. The first kappa shape index (κ1) is 18.4. The number of amides is 1. The van der Waals surface area contributed by atoms with Crippen LogP contribution in [-0.2, 0) is 4.79 Å². The molecular weight excluding hydrogens is 330 g/mol. The summed E-state index contributed by atoms with van der Waals surface area (Å²) >= 11 is 1.06. The number of thioether (sulfide) groups is 1. The summed E-state index contributed by atoms with van der Waals surface area (Å²) in [5, 5.41) is 2.20. The van der Waals surface area contributed by atoms with Crippen LogP contribution in [0.3, 0.4) is 0 Å². The van der Waals surface area contributed by atoms with E-state index in [0.29, 0.717) is 13.0 Å². The van der Waals surface area contributed by atoms with Gasteiger partial charge < -0.3 is 11.1 Å². The molecule has 0 aromatic heterocycles. The number of benzene rings is 2. The Morgan fingerprint density at radius 2 is 1.92 bits per heavy atom. The molecule has 3 N–H and O–H groups in total. The van der Waals surface area contributed by atoms with E-state index >= 15 is 0 Å². The molecule has 0 saturated heterocycles. The summed E-state index contributed by atoms with van der Waals surface area (Å²) in [6.07, 6.45) is 0.656. The maximum atomic E-state index is 13.9. The largest absolute Gasteiger partial charge is 0.355 e. The summed E-state index contributed by atoms with van der Waals surface area (Å²) in [6.45, 7) is 2.32. The zero-order chi connectivity index (χ0) is 17.5. The number of hydrogen-bond acceptors (Lipinski definition) is 3. The van der Waals surface area contributed by atoms with Crippen molar-refractivity contribution < 1.29 is 13.6 Å². The fourth-order valence-electron chi connectivity index (χ4n) is 2.11. The third kappa shape index (κ3) is 5.32. The van der Waals surface area contributed by atoms with Crippen LogP contribution < -0.4 is 11.1 Å². The van der Waals surface area contributed by atoms with E-state index in [9.17, 15) is 13.6 Å². The molecule has 2 aromatic carbocycles. The van der Waals surface area contributed by atoms with Crippen LogP contribution in [0.1, 0.15) is 24.2 Å². The Labute approximate surface area is 144 Å². The van der Waals surface area contributed by atoms with Crippen LogP contribution in [0, 0.1) is 11.6 Å². The fourth-order valence-corrected chi connectivity index (χ4v) is 3.17. The molecule has 1 amide bonds. The molecule has 0 saturated carbocycles. The minimum Gasteiger partial charge on any atom is -0.355 e. The topological polar surface area (TPSA) is 55.1 Å². The molecule has 2 atom stereocenters. The van der Waals surface area contributed by atoms with Crippen LogP contribution in [0.5, 0.6) is 0 Å². The summed E-state index contributed by atoms with van der Waals surface area (Å²) in [7, 11) is 0. The van der Waals surface area contributed by atoms with Crippen LogP contribution in [0.15, 0.2) is 53.4 Å². The molecular formula is C18H20F2N2OS. The van der Waals surface area contributed by atoms with Gasteiger partial charge in [-0.1, -0.05) is 30.3 Å². The maximum absolute atomic E-state index is 13.9. The van der Waals surface area contributed by atoms with Crippen molar-refractivity contribution in [1.82, 2.24) is 5.32 Å². The van der Waals surface area contributed by atoms with E-state index in [2.05, 4.69) is 5.32 Å². The lowest BCUT2D eigenvalue weighted by atomic mass is 10.1. The second-order valence-corrected chi connectivity index (χ2v) is 6.69.